The molecule has 2 aromatic carbocycles. The van der Waals surface area contributed by atoms with Crippen molar-refractivity contribution in [1.82, 2.24) is 20.1 Å². The van der Waals surface area contributed by atoms with Crippen LogP contribution >= 0.6 is 23.4 Å². The Kier molecular flexibility index (Phi) is 6.95. The van der Waals surface area contributed by atoms with E-state index in [2.05, 4.69) is 15.5 Å². The number of hydrogen-bond donors (Lipinski definition) is 1. The fourth-order valence-corrected chi connectivity index (χ4v) is 3.44. The SMILES string of the molecule is CC(NC(=O)c1ccc(Cl)cc1)c1nnc(SCCOc2ccccc2)n1C. The minimum absolute atomic E-state index is 0.183. The van der Waals surface area contributed by atoms with E-state index in [0.29, 0.717) is 23.0 Å². The van der Waals surface area contributed by atoms with E-state index >= 15 is 0 Å². The first kappa shape index (κ1) is 20.2. The van der Waals surface area contributed by atoms with Crippen molar-refractivity contribution in [1.29, 1.82) is 0 Å². The van der Waals surface area contributed by atoms with Crippen molar-refractivity contribution in [2.24, 2.45) is 7.05 Å². The van der Waals surface area contributed by atoms with Gasteiger partial charge in [0.05, 0.1) is 12.6 Å². The van der Waals surface area contributed by atoms with E-state index in [1.165, 1.54) is 0 Å². The van der Waals surface area contributed by atoms with Crippen molar-refractivity contribution < 1.29 is 9.53 Å². The second-order valence-corrected chi connectivity index (χ2v) is 7.61. The Labute approximate surface area is 173 Å². The van der Waals surface area contributed by atoms with Gasteiger partial charge in [-0.05, 0) is 43.3 Å². The number of para-hydroxylation sites is 1. The van der Waals surface area contributed by atoms with Gasteiger partial charge in [0.25, 0.3) is 5.91 Å². The van der Waals surface area contributed by atoms with Crippen LogP contribution in [-0.2, 0) is 7.05 Å². The molecule has 0 aliphatic rings. The lowest BCUT2D eigenvalue weighted by atomic mass is 10.2. The Morgan fingerprint density at radius 3 is 2.61 bits per heavy atom. The first-order valence-corrected chi connectivity index (χ1v) is 10.2. The first-order valence-electron chi connectivity index (χ1n) is 8.81. The van der Waals surface area contributed by atoms with Gasteiger partial charge in [-0.2, -0.15) is 0 Å². The maximum absolute atomic E-state index is 12.4. The second-order valence-electron chi connectivity index (χ2n) is 6.11. The number of nitrogens with zero attached hydrogens (tertiary/aromatic N) is 3. The summed E-state index contributed by atoms with van der Waals surface area (Å²) in [5, 5.41) is 12.8. The normalized spacial score (nSPS) is 11.8. The number of nitrogens with one attached hydrogen (secondary N) is 1. The van der Waals surface area contributed by atoms with Crippen molar-refractivity contribution in [2.75, 3.05) is 12.4 Å². The van der Waals surface area contributed by atoms with Crippen LogP contribution in [0.15, 0.2) is 59.8 Å². The lowest BCUT2D eigenvalue weighted by molar-refractivity contribution is 0.0937. The molecule has 3 aromatic rings. The number of ether oxygens (including phenoxy) is 1. The average molecular weight is 417 g/mol. The Hall–Kier alpha value is -2.51. The molecule has 1 amide bonds. The number of thioether (sulfide) groups is 1. The summed E-state index contributed by atoms with van der Waals surface area (Å²) < 4.78 is 7.58. The minimum Gasteiger partial charge on any atom is -0.493 e. The number of hydrogen-bond acceptors (Lipinski definition) is 5. The molecule has 146 valence electrons. The molecule has 0 fully saturated rings. The molecule has 6 nitrogen and oxygen atoms in total. The molecule has 0 radical (unpaired) electrons. The van der Waals surface area contributed by atoms with Crippen LogP contribution in [0.5, 0.6) is 5.75 Å². The molecule has 8 heteroatoms. The van der Waals surface area contributed by atoms with Gasteiger partial charge in [0.2, 0.25) is 0 Å². The van der Waals surface area contributed by atoms with Gasteiger partial charge in [0, 0.05) is 23.4 Å². The van der Waals surface area contributed by atoms with Crippen LogP contribution in [0.3, 0.4) is 0 Å². The van der Waals surface area contributed by atoms with Gasteiger partial charge >= 0.3 is 0 Å². The number of carbonyl (C=O) groups is 1. The van der Waals surface area contributed by atoms with Crippen LogP contribution in [0, 0.1) is 0 Å². The van der Waals surface area contributed by atoms with E-state index in [1.807, 2.05) is 48.9 Å². The van der Waals surface area contributed by atoms with Gasteiger partial charge in [-0.25, -0.2) is 0 Å². The van der Waals surface area contributed by atoms with E-state index in [9.17, 15) is 4.79 Å². The molecule has 0 saturated heterocycles. The molecule has 1 unspecified atom stereocenters. The lowest BCUT2D eigenvalue weighted by Gasteiger charge is -2.13. The average Bonchev–Trinajstić information content (AvgIpc) is 3.07. The fourth-order valence-electron chi connectivity index (χ4n) is 2.58. The highest BCUT2D eigenvalue weighted by Crippen LogP contribution is 2.20. The molecule has 0 bridgehead atoms. The third-order valence-electron chi connectivity index (χ3n) is 4.04. The number of halogens is 1. The van der Waals surface area contributed by atoms with Gasteiger partial charge in [-0.15, -0.1) is 10.2 Å². The maximum Gasteiger partial charge on any atom is 0.251 e. The van der Waals surface area contributed by atoms with Crippen molar-refractivity contribution >= 4 is 29.3 Å². The lowest BCUT2D eigenvalue weighted by Crippen LogP contribution is -2.28. The highest BCUT2D eigenvalue weighted by Gasteiger charge is 2.18. The molecular formula is C20H21ClN4O2S. The summed E-state index contributed by atoms with van der Waals surface area (Å²) in [5.41, 5.74) is 0.547. The molecule has 0 saturated carbocycles. The third kappa shape index (κ3) is 5.27. The third-order valence-corrected chi connectivity index (χ3v) is 5.27. The number of rotatable bonds is 8. The molecule has 0 aliphatic heterocycles. The van der Waals surface area contributed by atoms with E-state index in [1.54, 1.807) is 36.0 Å². The van der Waals surface area contributed by atoms with Gasteiger partial charge in [-0.3, -0.25) is 4.79 Å². The predicted molar refractivity (Wildman–Crippen MR) is 111 cm³/mol. The van der Waals surface area contributed by atoms with Crippen LogP contribution in [-0.4, -0.2) is 33.0 Å². The van der Waals surface area contributed by atoms with E-state index < -0.39 is 0 Å². The highest BCUT2D eigenvalue weighted by atomic mass is 35.5. The van der Waals surface area contributed by atoms with Crippen LogP contribution in [0.25, 0.3) is 0 Å². The van der Waals surface area contributed by atoms with Gasteiger partial charge in [0.15, 0.2) is 11.0 Å². The largest absolute Gasteiger partial charge is 0.493 e. The molecule has 1 aromatic heterocycles. The quantitative estimate of drug-likeness (QED) is 0.441. The van der Waals surface area contributed by atoms with E-state index in [-0.39, 0.29) is 11.9 Å². The molecule has 1 heterocycles. The molecule has 3 rings (SSSR count). The Morgan fingerprint density at radius 2 is 1.89 bits per heavy atom. The standard InChI is InChI=1S/C20H21ClN4O2S/c1-14(22-19(26)15-8-10-16(21)11-9-15)18-23-24-20(25(18)2)28-13-12-27-17-6-4-3-5-7-17/h3-11,14H,12-13H2,1-2H3,(H,22,26). The molecule has 0 spiro atoms. The number of carbonyl (C=O) groups excluding carboxylic acids is 1. The Bertz CT molecular complexity index is 916. The zero-order valence-electron chi connectivity index (χ0n) is 15.6. The summed E-state index contributed by atoms with van der Waals surface area (Å²) in [6.45, 7) is 2.45. The van der Waals surface area contributed by atoms with E-state index in [0.717, 1.165) is 16.7 Å². The number of aromatic nitrogens is 3. The predicted octanol–water partition coefficient (Wildman–Crippen LogP) is 4.13. The molecule has 1 atom stereocenters. The summed E-state index contributed by atoms with van der Waals surface area (Å²) >= 11 is 7.42. The van der Waals surface area contributed by atoms with Crippen LogP contribution in [0.2, 0.25) is 5.02 Å². The van der Waals surface area contributed by atoms with Crippen LogP contribution in [0.4, 0.5) is 0 Å². The number of amides is 1. The molecule has 1 N–H and O–H groups in total. The second kappa shape index (κ2) is 9.61. The summed E-state index contributed by atoms with van der Waals surface area (Å²) in [7, 11) is 1.89. The van der Waals surface area contributed by atoms with E-state index in [4.69, 9.17) is 16.3 Å². The zero-order valence-corrected chi connectivity index (χ0v) is 17.2. The summed E-state index contributed by atoms with van der Waals surface area (Å²) in [6.07, 6.45) is 0. The van der Waals surface area contributed by atoms with Crippen LogP contribution < -0.4 is 10.1 Å². The van der Waals surface area contributed by atoms with Gasteiger partial charge in [0.1, 0.15) is 5.75 Å². The maximum atomic E-state index is 12.4. The van der Waals surface area contributed by atoms with Gasteiger partial charge < -0.3 is 14.6 Å². The van der Waals surface area contributed by atoms with Crippen molar-refractivity contribution in [2.45, 2.75) is 18.1 Å². The highest BCUT2D eigenvalue weighted by molar-refractivity contribution is 7.99. The zero-order chi connectivity index (χ0) is 19.9. The minimum atomic E-state index is -0.282. The van der Waals surface area contributed by atoms with Gasteiger partial charge in [-0.1, -0.05) is 41.6 Å². The summed E-state index contributed by atoms with van der Waals surface area (Å²) in [6, 6.07) is 16.2. The van der Waals surface area contributed by atoms with Crippen molar-refractivity contribution in [3.8, 4) is 5.75 Å². The van der Waals surface area contributed by atoms with Crippen LogP contribution in [0.1, 0.15) is 29.1 Å². The molecule has 0 aliphatic carbocycles. The van der Waals surface area contributed by atoms with Crippen molar-refractivity contribution in [3.05, 3.63) is 71.0 Å². The topological polar surface area (TPSA) is 69.0 Å². The monoisotopic (exact) mass is 416 g/mol. The first-order chi connectivity index (χ1) is 13.5. The fraction of sp³-hybridized carbons (Fsp3) is 0.250. The summed E-state index contributed by atoms with van der Waals surface area (Å²) in [4.78, 5) is 12.4. The molecule has 28 heavy (non-hydrogen) atoms. The Morgan fingerprint density at radius 1 is 1.18 bits per heavy atom. The van der Waals surface area contributed by atoms with Crippen molar-refractivity contribution in [3.63, 3.8) is 0 Å². The Balaban J connectivity index is 1.52. The summed E-state index contributed by atoms with van der Waals surface area (Å²) in [5.74, 6) is 2.10. The molecular weight excluding hydrogens is 396 g/mol. The number of benzene rings is 2. The smallest absolute Gasteiger partial charge is 0.251 e.